The minimum absolute atomic E-state index is 0.637. The third-order valence-corrected chi connectivity index (χ3v) is 5.01. The largest absolute Gasteiger partial charge is 0.481 e. The van der Waals surface area contributed by atoms with Crippen LogP contribution in [0.5, 0.6) is 0 Å². The first-order chi connectivity index (χ1) is 9.72. The summed E-state index contributed by atoms with van der Waals surface area (Å²) in [5.74, 6) is -0.647. The van der Waals surface area contributed by atoms with Gasteiger partial charge in [-0.05, 0) is 43.4 Å². The van der Waals surface area contributed by atoms with Crippen LogP contribution in [0.2, 0.25) is 0 Å². The van der Waals surface area contributed by atoms with E-state index in [2.05, 4.69) is 17.0 Å². The second kappa shape index (κ2) is 5.47. The molecule has 2 aliphatic rings. The molecule has 2 fully saturated rings. The van der Waals surface area contributed by atoms with Crippen LogP contribution >= 0.6 is 0 Å². The van der Waals surface area contributed by atoms with Crippen LogP contribution in [0.25, 0.3) is 0 Å². The maximum absolute atomic E-state index is 11.8. The Balaban J connectivity index is 1.86. The molecule has 0 bridgehead atoms. The van der Waals surface area contributed by atoms with Crippen molar-refractivity contribution in [3.8, 4) is 0 Å². The van der Waals surface area contributed by atoms with Crippen LogP contribution in [0.1, 0.15) is 50.5 Å². The molecule has 0 spiro atoms. The number of benzene rings is 1. The maximum atomic E-state index is 11.8. The minimum Gasteiger partial charge on any atom is -0.481 e. The van der Waals surface area contributed by atoms with Crippen molar-refractivity contribution in [2.45, 2.75) is 50.4 Å². The van der Waals surface area contributed by atoms with Crippen LogP contribution in [0.4, 0.5) is 5.69 Å². The van der Waals surface area contributed by atoms with Gasteiger partial charge in [-0.25, -0.2) is 0 Å². The summed E-state index contributed by atoms with van der Waals surface area (Å²) in [5.41, 5.74) is 1.59. The molecule has 1 aliphatic heterocycles. The number of hydrogen-bond acceptors (Lipinski definition) is 2. The number of carboxylic acid groups (broad SMARTS) is 1. The first kappa shape index (κ1) is 13.5. The van der Waals surface area contributed by atoms with E-state index in [1.54, 1.807) is 0 Å². The second-order valence-electron chi connectivity index (χ2n) is 6.19. The predicted molar refractivity (Wildman–Crippen MR) is 80.3 cm³/mol. The lowest BCUT2D eigenvalue weighted by Gasteiger charge is -2.34. The molecule has 1 aromatic carbocycles. The van der Waals surface area contributed by atoms with Gasteiger partial charge in [-0.1, -0.05) is 31.4 Å². The Morgan fingerprint density at radius 2 is 1.55 bits per heavy atom. The topological polar surface area (TPSA) is 40.5 Å². The van der Waals surface area contributed by atoms with Crippen molar-refractivity contribution in [2.24, 2.45) is 0 Å². The summed E-state index contributed by atoms with van der Waals surface area (Å²) in [7, 11) is 0. The number of carboxylic acids is 1. The van der Waals surface area contributed by atoms with Crippen molar-refractivity contribution >= 4 is 11.7 Å². The smallest absolute Gasteiger partial charge is 0.314 e. The highest BCUT2D eigenvalue weighted by Gasteiger charge is 2.41. The van der Waals surface area contributed by atoms with E-state index in [1.165, 1.54) is 24.9 Å². The lowest BCUT2D eigenvalue weighted by atomic mass is 9.69. The average molecular weight is 273 g/mol. The van der Waals surface area contributed by atoms with Crippen molar-refractivity contribution in [3.05, 3.63) is 29.8 Å². The average Bonchev–Trinajstić information content (AvgIpc) is 3.02. The van der Waals surface area contributed by atoms with Gasteiger partial charge in [-0.3, -0.25) is 4.79 Å². The van der Waals surface area contributed by atoms with Crippen LogP contribution in [0.3, 0.4) is 0 Å². The molecule has 0 radical (unpaired) electrons. The fourth-order valence-electron chi connectivity index (χ4n) is 3.75. The summed E-state index contributed by atoms with van der Waals surface area (Å²) in [4.78, 5) is 14.2. The van der Waals surface area contributed by atoms with Gasteiger partial charge in [0.25, 0.3) is 0 Å². The molecule has 1 heterocycles. The summed E-state index contributed by atoms with van der Waals surface area (Å²) in [5, 5.41) is 9.71. The van der Waals surface area contributed by atoms with Crippen molar-refractivity contribution in [1.82, 2.24) is 0 Å². The standard InChI is InChI=1S/C17H23NO2/c19-16(20)17(10-2-1-3-11-17)14-6-8-15(9-7-14)18-12-4-5-13-18/h6-9H,1-5,10-13H2,(H,19,20). The van der Waals surface area contributed by atoms with Gasteiger partial charge in [0.2, 0.25) is 0 Å². The molecule has 108 valence electrons. The van der Waals surface area contributed by atoms with Crippen molar-refractivity contribution in [2.75, 3.05) is 18.0 Å². The quantitative estimate of drug-likeness (QED) is 0.915. The summed E-state index contributed by atoms with van der Waals surface area (Å²) in [6.07, 6.45) is 7.32. The Labute approximate surface area is 120 Å². The molecule has 0 unspecified atom stereocenters. The fourth-order valence-corrected chi connectivity index (χ4v) is 3.75. The summed E-state index contributed by atoms with van der Waals surface area (Å²) < 4.78 is 0. The molecule has 0 aromatic heterocycles. The van der Waals surface area contributed by atoms with Crippen molar-refractivity contribution in [3.63, 3.8) is 0 Å². The zero-order valence-electron chi connectivity index (χ0n) is 12.0. The summed E-state index contributed by atoms with van der Waals surface area (Å²) in [6.45, 7) is 2.26. The molecule has 20 heavy (non-hydrogen) atoms. The van der Waals surface area contributed by atoms with E-state index in [1.807, 2.05) is 12.1 Å². The van der Waals surface area contributed by atoms with Gasteiger partial charge >= 0.3 is 5.97 Å². The van der Waals surface area contributed by atoms with Crippen molar-refractivity contribution in [1.29, 1.82) is 0 Å². The molecule has 1 saturated carbocycles. The van der Waals surface area contributed by atoms with E-state index in [4.69, 9.17) is 0 Å². The normalized spacial score (nSPS) is 21.9. The molecule has 0 atom stereocenters. The molecule has 3 rings (SSSR count). The Bertz CT molecular complexity index is 468. The molecular formula is C17H23NO2. The zero-order chi connectivity index (χ0) is 14.0. The van der Waals surface area contributed by atoms with E-state index in [-0.39, 0.29) is 0 Å². The van der Waals surface area contributed by atoms with E-state index in [0.29, 0.717) is 0 Å². The highest BCUT2D eigenvalue weighted by molar-refractivity contribution is 5.81. The van der Waals surface area contributed by atoms with E-state index < -0.39 is 11.4 Å². The predicted octanol–water partition coefficient (Wildman–Crippen LogP) is 3.57. The van der Waals surface area contributed by atoms with Crippen LogP contribution in [-0.2, 0) is 10.2 Å². The van der Waals surface area contributed by atoms with Crippen LogP contribution < -0.4 is 4.90 Å². The lowest BCUT2D eigenvalue weighted by Crippen LogP contribution is -2.37. The Hall–Kier alpha value is -1.51. The van der Waals surface area contributed by atoms with E-state index in [0.717, 1.165) is 44.3 Å². The first-order valence-corrected chi connectivity index (χ1v) is 7.81. The summed E-state index contributed by atoms with van der Waals surface area (Å²) in [6, 6.07) is 8.32. The number of rotatable bonds is 3. The molecule has 3 nitrogen and oxygen atoms in total. The Morgan fingerprint density at radius 3 is 2.10 bits per heavy atom. The Kier molecular flexibility index (Phi) is 3.68. The third-order valence-electron chi connectivity index (χ3n) is 5.01. The van der Waals surface area contributed by atoms with Crippen LogP contribution in [0, 0.1) is 0 Å². The highest BCUT2D eigenvalue weighted by Crippen LogP contribution is 2.40. The summed E-state index contributed by atoms with van der Waals surface area (Å²) >= 11 is 0. The molecular weight excluding hydrogens is 250 g/mol. The molecule has 1 aromatic rings. The van der Waals surface area contributed by atoms with Gasteiger partial charge in [0.1, 0.15) is 0 Å². The monoisotopic (exact) mass is 273 g/mol. The molecule has 1 saturated heterocycles. The second-order valence-corrected chi connectivity index (χ2v) is 6.19. The van der Waals surface area contributed by atoms with Crippen molar-refractivity contribution < 1.29 is 9.90 Å². The number of aliphatic carboxylic acids is 1. The number of carbonyl (C=O) groups is 1. The van der Waals surface area contributed by atoms with Crippen LogP contribution in [-0.4, -0.2) is 24.2 Å². The van der Waals surface area contributed by atoms with E-state index in [9.17, 15) is 9.90 Å². The zero-order valence-corrected chi connectivity index (χ0v) is 12.0. The number of nitrogens with zero attached hydrogens (tertiary/aromatic N) is 1. The van der Waals surface area contributed by atoms with Gasteiger partial charge in [-0.15, -0.1) is 0 Å². The SMILES string of the molecule is O=C(O)C1(c2ccc(N3CCCC3)cc2)CCCCC1. The Morgan fingerprint density at radius 1 is 0.950 bits per heavy atom. The molecule has 1 N–H and O–H groups in total. The van der Waals surface area contributed by atoms with Gasteiger partial charge in [0.05, 0.1) is 5.41 Å². The number of anilines is 1. The fraction of sp³-hybridized carbons (Fsp3) is 0.588. The lowest BCUT2D eigenvalue weighted by molar-refractivity contribution is -0.145. The van der Waals surface area contributed by atoms with Gasteiger partial charge in [-0.2, -0.15) is 0 Å². The number of hydrogen-bond donors (Lipinski definition) is 1. The molecule has 0 amide bonds. The third kappa shape index (κ3) is 2.30. The van der Waals surface area contributed by atoms with Gasteiger partial charge < -0.3 is 10.0 Å². The van der Waals surface area contributed by atoms with Gasteiger partial charge in [0.15, 0.2) is 0 Å². The maximum Gasteiger partial charge on any atom is 0.314 e. The minimum atomic E-state index is -0.647. The molecule has 1 aliphatic carbocycles. The van der Waals surface area contributed by atoms with Gasteiger partial charge in [0, 0.05) is 18.8 Å². The van der Waals surface area contributed by atoms with E-state index >= 15 is 0 Å². The van der Waals surface area contributed by atoms with Crippen LogP contribution in [0.15, 0.2) is 24.3 Å². The first-order valence-electron chi connectivity index (χ1n) is 7.81. The highest BCUT2D eigenvalue weighted by atomic mass is 16.4. The molecule has 3 heteroatoms.